The predicted octanol–water partition coefficient (Wildman–Crippen LogP) is 5.92. The summed E-state index contributed by atoms with van der Waals surface area (Å²) >= 11 is 12.9. The zero-order valence-corrected chi connectivity index (χ0v) is 17.7. The van der Waals surface area contributed by atoms with Crippen molar-refractivity contribution >= 4 is 34.8 Å². The van der Waals surface area contributed by atoms with Gasteiger partial charge in [-0.25, -0.2) is 4.68 Å². The molecule has 0 atom stereocenters. The molecule has 0 aliphatic carbocycles. The molecule has 2 aromatic carbocycles. The van der Waals surface area contributed by atoms with Crippen LogP contribution in [0.3, 0.4) is 0 Å². The predicted molar refractivity (Wildman–Crippen MR) is 116 cm³/mol. The number of carbonyl (C=O) groups excluding carboxylic acids is 1. The number of nitrogens with one attached hydrogen (secondary N) is 1. The Hall–Kier alpha value is -2.30. The molecule has 3 aromatic rings. The smallest absolute Gasteiger partial charge is 0.260 e. The van der Waals surface area contributed by atoms with Crippen LogP contribution in [0, 0.1) is 6.92 Å². The molecule has 3 rings (SSSR count). The lowest BCUT2D eigenvalue weighted by atomic mass is 10.0. The van der Waals surface area contributed by atoms with E-state index in [1.807, 2.05) is 49.4 Å². The van der Waals surface area contributed by atoms with Gasteiger partial charge in [-0.1, -0.05) is 73.4 Å². The summed E-state index contributed by atoms with van der Waals surface area (Å²) in [6, 6.07) is 13.7. The normalized spacial score (nSPS) is 10.9. The topological polar surface area (TPSA) is 46.9 Å². The van der Waals surface area contributed by atoms with Crippen molar-refractivity contribution in [1.29, 1.82) is 0 Å². The number of hydrogen-bond acceptors (Lipinski definition) is 2. The van der Waals surface area contributed by atoms with Crippen molar-refractivity contribution in [3.63, 3.8) is 0 Å². The van der Waals surface area contributed by atoms with Gasteiger partial charge >= 0.3 is 0 Å². The van der Waals surface area contributed by atoms with Gasteiger partial charge in [0.05, 0.1) is 17.8 Å². The second kappa shape index (κ2) is 8.80. The second-order valence-corrected chi connectivity index (χ2v) is 7.38. The number of nitrogens with zero attached hydrogens (tertiary/aromatic N) is 2. The van der Waals surface area contributed by atoms with Crippen molar-refractivity contribution < 1.29 is 4.79 Å². The molecule has 1 N–H and O–H groups in total. The monoisotopic (exact) mass is 415 g/mol. The molecule has 0 aliphatic rings. The molecule has 1 heterocycles. The molecule has 6 heteroatoms. The van der Waals surface area contributed by atoms with Gasteiger partial charge in [0.25, 0.3) is 5.91 Å². The van der Waals surface area contributed by atoms with Crippen LogP contribution in [0.25, 0.3) is 0 Å². The van der Waals surface area contributed by atoms with Crippen LogP contribution < -0.4 is 5.32 Å². The summed E-state index contributed by atoms with van der Waals surface area (Å²) < 4.78 is 1.65. The standard InChI is InChI=1S/C22H23Cl2N3O/c1-4-16-11-12-18(23)17(5-2)20(16)25-22(28)19-14(3)26-27(21(19)24)13-15-9-7-6-8-10-15/h6-12H,4-5,13H2,1-3H3,(H,25,28). The van der Waals surface area contributed by atoms with Gasteiger partial charge < -0.3 is 5.32 Å². The molecule has 0 radical (unpaired) electrons. The van der Waals surface area contributed by atoms with Crippen LogP contribution in [0.15, 0.2) is 42.5 Å². The fourth-order valence-corrected chi connectivity index (χ4v) is 3.93. The zero-order chi connectivity index (χ0) is 20.3. The summed E-state index contributed by atoms with van der Waals surface area (Å²) in [6.07, 6.45) is 1.52. The minimum absolute atomic E-state index is 0.270. The maximum absolute atomic E-state index is 13.1. The number of carbonyl (C=O) groups is 1. The van der Waals surface area contributed by atoms with E-state index in [1.54, 1.807) is 11.6 Å². The molecule has 0 saturated carbocycles. The molecule has 0 fully saturated rings. The fraction of sp³-hybridized carbons (Fsp3) is 0.273. The summed E-state index contributed by atoms with van der Waals surface area (Å²) in [7, 11) is 0. The molecule has 0 spiro atoms. The lowest BCUT2D eigenvalue weighted by Crippen LogP contribution is -2.16. The van der Waals surface area contributed by atoms with Crippen molar-refractivity contribution in [3.05, 3.63) is 80.6 Å². The third-order valence-electron chi connectivity index (χ3n) is 4.78. The van der Waals surface area contributed by atoms with Gasteiger partial charge in [-0.3, -0.25) is 4.79 Å². The summed E-state index contributed by atoms with van der Waals surface area (Å²) in [5.41, 5.74) is 4.79. The largest absolute Gasteiger partial charge is 0.321 e. The van der Waals surface area contributed by atoms with Crippen LogP contribution in [-0.4, -0.2) is 15.7 Å². The molecule has 0 aliphatic heterocycles. The number of aryl methyl sites for hydroxylation is 2. The molecule has 0 unspecified atom stereocenters. The van der Waals surface area contributed by atoms with E-state index >= 15 is 0 Å². The van der Waals surface area contributed by atoms with Gasteiger partial charge in [0, 0.05) is 10.7 Å². The summed E-state index contributed by atoms with van der Waals surface area (Å²) in [6.45, 7) is 6.37. The Labute approximate surface area is 175 Å². The average Bonchev–Trinajstić information content (AvgIpc) is 2.96. The summed E-state index contributed by atoms with van der Waals surface area (Å²) in [5.74, 6) is -0.270. The number of halogens is 2. The molecule has 146 valence electrons. The summed E-state index contributed by atoms with van der Waals surface area (Å²) in [5, 5.41) is 8.49. The minimum atomic E-state index is -0.270. The highest BCUT2D eigenvalue weighted by molar-refractivity contribution is 6.34. The van der Waals surface area contributed by atoms with Gasteiger partial charge in [-0.2, -0.15) is 5.10 Å². The number of amides is 1. The Balaban J connectivity index is 1.93. The van der Waals surface area contributed by atoms with E-state index in [1.165, 1.54) is 0 Å². The van der Waals surface area contributed by atoms with Crippen LogP contribution in [0.4, 0.5) is 5.69 Å². The van der Waals surface area contributed by atoms with Crippen molar-refractivity contribution in [2.24, 2.45) is 0 Å². The lowest BCUT2D eigenvalue weighted by Gasteiger charge is -2.16. The Bertz CT molecular complexity index is 997. The minimum Gasteiger partial charge on any atom is -0.321 e. The highest BCUT2D eigenvalue weighted by Crippen LogP contribution is 2.31. The third kappa shape index (κ3) is 4.08. The molecule has 0 bridgehead atoms. The highest BCUT2D eigenvalue weighted by Gasteiger charge is 2.22. The molecule has 1 amide bonds. The molecule has 0 saturated heterocycles. The van der Waals surface area contributed by atoms with Crippen molar-refractivity contribution in [3.8, 4) is 0 Å². The van der Waals surface area contributed by atoms with Crippen molar-refractivity contribution in [1.82, 2.24) is 9.78 Å². The van der Waals surface area contributed by atoms with Crippen LogP contribution >= 0.6 is 23.2 Å². The van der Waals surface area contributed by atoms with Crippen LogP contribution in [-0.2, 0) is 19.4 Å². The van der Waals surface area contributed by atoms with Crippen molar-refractivity contribution in [2.75, 3.05) is 5.32 Å². The van der Waals surface area contributed by atoms with Gasteiger partial charge in [0.1, 0.15) is 5.15 Å². The van der Waals surface area contributed by atoms with E-state index < -0.39 is 0 Å². The Morgan fingerprint density at radius 2 is 1.79 bits per heavy atom. The number of benzene rings is 2. The van der Waals surface area contributed by atoms with Crippen LogP contribution in [0.1, 0.15) is 46.6 Å². The van der Waals surface area contributed by atoms with E-state index in [0.717, 1.165) is 35.2 Å². The van der Waals surface area contributed by atoms with E-state index in [4.69, 9.17) is 23.2 Å². The van der Waals surface area contributed by atoms with E-state index in [-0.39, 0.29) is 5.91 Å². The second-order valence-electron chi connectivity index (χ2n) is 6.62. The quantitative estimate of drug-likeness (QED) is 0.542. The van der Waals surface area contributed by atoms with E-state index in [2.05, 4.69) is 17.3 Å². The van der Waals surface area contributed by atoms with Crippen LogP contribution in [0.5, 0.6) is 0 Å². The number of rotatable bonds is 6. The van der Waals surface area contributed by atoms with E-state index in [9.17, 15) is 4.79 Å². The number of hydrogen-bond donors (Lipinski definition) is 1. The molecular weight excluding hydrogens is 393 g/mol. The van der Waals surface area contributed by atoms with Gasteiger partial charge in [0.15, 0.2) is 0 Å². The fourth-order valence-electron chi connectivity index (χ4n) is 3.32. The first-order valence-corrected chi connectivity index (χ1v) is 10.1. The Kier molecular flexibility index (Phi) is 6.42. The maximum atomic E-state index is 13.1. The number of aromatic nitrogens is 2. The highest BCUT2D eigenvalue weighted by atomic mass is 35.5. The first-order valence-electron chi connectivity index (χ1n) is 9.34. The molecule has 28 heavy (non-hydrogen) atoms. The SMILES string of the molecule is CCc1ccc(Cl)c(CC)c1NC(=O)c1c(C)nn(Cc2ccccc2)c1Cl. The Morgan fingerprint density at radius 3 is 2.43 bits per heavy atom. The van der Waals surface area contributed by atoms with Gasteiger partial charge in [-0.05, 0) is 42.5 Å². The van der Waals surface area contributed by atoms with Gasteiger partial charge in [0.2, 0.25) is 0 Å². The first-order chi connectivity index (χ1) is 13.5. The first kappa shape index (κ1) is 20.4. The molecular formula is C22H23Cl2N3O. The van der Waals surface area contributed by atoms with E-state index in [0.29, 0.717) is 28.0 Å². The van der Waals surface area contributed by atoms with Crippen LogP contribution in [0.2, 0.25) is 10.2 Å². The number of anilines is 1. The maximum Gasteiger partial charge on any atom is 0.260 e. The third-order valence-corrected chi connectivity index (χ3v) is 5.52. The molecule has 1 aromatic heterocycles. The van der Waals surface area contributed by atoms with Gasteiger partial charge in [-0.15, -0.1) is 0 Å². The van der Waals surface area contributed by atoms with Crippen molar-refractivity contribution in [2.45, 2.75) is 40.2 Å². The summed E-state index contributed by atoms with van der Waals surface area (Å²) in [4.78, 5) is 13.1. The average molecular weight is 416 g/mol. The lowest BCUT2D eigenvalue weighted by molar-refractivity contribution is 0.102. The zero-order valence-electron chi connectivity index (χ0n) is 16.2. The Morgan fingerprint density at radius 1 is 1.07 bits per heavy atom. The molecule has 4 nitrogen and oxygen atoms in total.